The normalized spacial score (nSPS) is 17.2. The molecule has 0 nitrogen and oxygen atoms in total. The number of rotatable bonds is 0. The number of fused-ring (bicyclic) bond motifs is 1. The summed E-state index contributed by atoms with van der Waals surface area (Å²) in [5, 5.41) is 0. The molecular weight excluding hydrogens is 366 g/mol. The van der Waals surface area contributed by atoms with E-state index in [1.165, 1.54) is 22.3 Å². The van der Waals surface area contributed by atoms with E-state index in [0.29, 0.717) is 5.92 Å². The van der Waals surface area contributed by atoms with Crippen LogP contribution in [0.2, 0.25) is 0 Å². The predicted octanol–water partition coefficient (Wildman–Crippen LogP) is -1.29. The molecule has 1 atom stereocenters. The van der Waals surface area contributed by atoms with E-state index in [9.17, 15) is 0 Å². The molecule has 1 aromatic rings. The minimum absolute atomic E-state index is 0. The first-order chi connectivity index (χ1) is 8.22. The van der Waals surface area contributed by atoms with E-state index in [1.54, 1.807) is 0 Å². The Hall–Kier alpha value is -0.0969. The van der Waals surface area contributed by atoms with Crippen molar-refractivity contribution >= 4 is 5.57 Å². The molecule has 0 saturated carbocycles. The Balaban J connectivity index is 0. The monoisotopic (exact) mass is 382 g/mol. The molecular formula is C17H18Cl2Zr. The van der Waals surface area contributed by atoms with Gasteiger partial charge in [-0.05, 0) is 5.92 Å². The number of hydrogen-bond acceptors (Lipinski definition) is 0. The van der Waals surface area contributed by atoms with Crippen LogP contribution in [0.15, 0.2) is 42.0 Å². The van der Waals surface area contributed by atoms with E-state index in [2.05, 4.69) is 51.1 Å². The quantitative estimate of drug-likeness (QED) is 0.489. The van der Waals surface area contributed by atoms with Crippen molar-refractivity contribution in [1.29, 1.82) is 0 Å². The van der Waals surface area contributed by atoms with Gasteiger partial charge in [0.05, 0.1) is 0 Å². The van der Waals surface area contributed by atoms with Crippen molar-refractivity contribution < 1.29 is 51.0 Å². The summed E-state index contributed by atoms with van der Waals surface area (Å²) in [6.07, 6.45) is 10.0. The molecule has 1 aromatic carbocycles. The van der Waals surface area contributed by atoms with Gasteiger partial charge in [0.2, 0.25) is 0 Å². The van der Waals surface area contributed by atoms with Crippen molar-refractivity contribution in [1.82, 2.24) is 0 Å². The molecule has 104 valence electrons. The fourth-order valence-electron chi connectivity index (χ4n) is 2.23. The average molecular weight is 384 g/mol. The molecule has 0 radical (unpaired) electrons. The Morgan fingerprint density at radius 3 is 2.35 bits per heavy atom. The zero-order valence-electron chi connectivity index (χ0n) is 12.0. The van der Waals surface area contributed by atoms with Gasteiger partial charge in [-0.2, -0.15) is 6.08 Å². The van der Waals surface area contributed by atoms with Gasteiger partial charge in [0.25, 0.3) is 0 Å². The summed E-state index contributed by atoms with van der Waals surface area (Å²) in [5.41, 5.74) is 5.67. The van der Waals surface area contributed by atoms with Crippen LogP contribution in [-0.4, -0.2) is 0 Å². The number of benzene rings is 1. The summed E-state index contributed by atoms with van der Waals surface area (Å²) in [6, 6.07) is 9.57. The number of allylic oxidation sites excluding steroid dienone is 6. The SMILES string of the molecule is CC1=C(C)C(C)c2ccc[c-]c21.[C-]1=CC=CC1.[Cl-].[Cl-].[Zr+4]. The predicted molar refractivity (Wildman–Crippen MR) is 73.5 cm³/mol. The van der Waals surface area contributed by atoms with Gasteiger partial charge in [0.15, 0.2) is 0 Å². The van der Waals surface area contributed by atoms with E-state index in [4.69, 9.17) is 0 Å². The molecule has 1 unspecified atom stereocenters. The summed E-state index contributed by atoms with van der Waals surface area (Å²) in [5.74, 6) is 0.595. The van der Waals surface area contributed by atoms with E-state index >= 15 is 0 Å². The zero-order valence-corrected chi connectivity index (χ0v) is 16.0. The van der Waals surface area contributed by atoms with E-state index < -0.39 is 0 Å². The van der Waals surface area contributed by atoms with Crippen LogP contribution in [0.4, 0.5) is 0 Å². The Bertz CT molecular complexity index is 491. The first kappa shape index (κ1) is 22.2. The van der Waals surface area contributed by atoms with Crippen LogP contribution in [0.25, 0.3) is 5.57 Å². The molecule has 0 N–H and O–H groups in total. The van der Waals surface area contributed by atoms with Crippen molar-refractivity contribution in [2.24, 2.45) is 0 Å². The van der Waals surface area contributed by atoms with Crippen molar-refractivity contribution in [3.05, 3.63) is 65.3 Å². The van der Waals surface area contributed by atoms with Crippen molar-refractivity contribution in [2.75, 3.05) is 0 Å². The molecule has 0 heterocycles. The molecule has 20 heavy (non-hydrogen) atoms. The largest absolute Gasteiger partial charge is 4.00 e. The summed E-state index contributed by atoms with van der Waals surface area (Å²) in [7, 11) is 0. The molecule has 0 aliphatic heterocycles. The van der Waals surface area contributed by atoms with Crippen LogP contribution in [0.1, 0.15) is 44.2 Å². The second-order valence-electron chi connectivity index (χ2n) is 4.53. The fourth-order valence-corrected chi connectivity index (χ4v) is 2.23. The van der Waals surface area contributed by atoms with Gasteiger partial charge in [0.1, 0.15) is 0 Å². The van der Waals surface area contributed by atoms with Crippen molar-refractivity contribution in [3.63, 3.8) is 0 Å². The van der Waals surface area contributed by atoms with Crippen molar-refractivity contribution in [2.45, 2.75) is 33.1 Å². The number of halogens is 2. The Morgan fingerprint density at radius 1 is 1.20 bits per heavy atom. The second-order valence-corrected chi connectivity index (χ2v) is 4.53. The number of hydrogen-bond donors (Lipinski definition) is 0. The molecule has 0 bridgehead atoms. The topological polar surface area (TPSA) is 0 Å². The maximum absolute atomic E-state index is 3.30. The molecule has 2 aliphatic rings. The molecule has 0 saturated heterocycles. The first-order valence-electron chi connectivity index (χ1n) is 6.12. The van der Waals surface area contributed by atoms with Crippen LogP contribution < -0.4 is 24.8 Å². The first-order valence-corrected chi connectivity index (χ1v) is 6.12. The maximum Gasteiger partial charge on any atom is 4.00 e. The Kier molecular flexibility index (Phi) is 11.8. The third-order valence-electron chi connectivity index (χ3n) is 3.56. The standard InChI is InChI=1S/C12H13.C5H5.2ClH.Zr/c1-8-9(2)11-6-4-5-7-12(11)10(8)3;1-2-4-5-3-1;;;/h4-6,9H,1-3H3;1-3H,4H2;2*1H;/q2*-1;;;+4/p-2. The molecule has 0 spiro atoms. The van der Waals surface area contributed by atoms with Gasteiger partial charge in [0, 0.05) is 0 Å². The second kappa shape index (κ2) is 10.6. The van der Waals surface area contributed by atoms with Crippen molar-refractivity contribution in [3.8, 4) is 0 Å². The molecule has 0 fully saturated rings. The fraction of sp³-hybridized carbons (Fsp3) is 0.294. The summed E-state index contributed by atoms with van der Waals surface area (Å²) in [6.45, 7) is 6.67. The summed E-state index contributed by atoms with van der Waals surface area (Å²) >= 11 is 0. The smallest absolute Gasteiger partial charge is 1.00 e. The van der Waals surface area contributed by atoms with Crippen LogP contribution in [-0.2, 0) is 26.2 Å². The van der Waals surface area contributed by atoms with E-state index in [1.807, 2.05) is 18.2 Å². The van der Waals surface area contributed by atoms with E-state index in [-0.39, 0.29) is 51.0 Å². The molecule has 3 heteroatoms. The van der Waals surface area contributed by atoms with Gasteiger partial charge in [-0.15, -0.1) is 53.0 Å². The van der Waals surface area contributed by atoms with Gasteiger partial charge in [-0.3, -0.25) is 6.08 Å². The maximum atomic E-state index is 3.30. The summed E-state index contributed by atoms with van der Waals surface area (Å²) in [4.78, 5) is 0. The molecule has 2 aliphatic carbocycles. The molecule has 3 rings (SSSR count). The summed E-state index contributed by atoms with van der Waals surface area (Å²) < 4.78 is 0. The average Bonchev–Trinajstić information content (AvgIpc) is 3.00. The van der Waals surface area contributed by atoms with Gasteiger partial charge >= 0.3 is 26.2 Å². The third kappa shape index (κ3) is 5.03. The Labute approximate surface area is 154 Å². The van der Waals surface area contributed by atoms with Gasteiger partial charge < -0.3 is 24.8 Å². The Morgan fingerprint density at radius 2 is 1.90 bits per heavy atom. The van der Waals surface area contributed by atoms with Crippen LogP contribution >= 0.6 is 0 Å². The zero-order chi connectivity index (χ0) is 12.3. The van der Waals surface area contributed by atoms with Crippen LogP contribution in [0.3, 0.4) is 0 Å². The molecule has 0 amide bonds. The molecule has 0 aromatic heterocycles. The van der Waals surface area contributed by atoms with E-state index in [0.717, 1.165) is 6.42 Å². The van der Waals surface area contributed by atoms with Crippen LogP contribution in [0, 0.1) is 12.1 Å². The van der Waals surface area contributed by atoms with Gasteiger partial charge in [-0.1, -0.05) is 20.8 Å². The minimum Gasteiger partial charge on any atom is -1.00 e. The van der Waals surface area contributed by atoms with Gasteiger partial charge in [-0.25, -0.2) is 12.2 Å². The van der Waals surface area contributed by atoms with Crippen LogP contribution in [0.5, 0.6) is 0 Å². The third-order valence-corrected chi connectivity index (χ3v) is 3.56. The minimum atomic E-state index is 0.